The minimum absolute atomic E-state index is 0.0990. The topological polar surface area (TPSA) is 60.7 Å². The summed E-state index contributed by atoms with van der Waals surface area (Å²) in [6.07, 6.45) is 3.01. The second-order valence-corrected chi connectivity index (χ2v) is 7.62. The van der Waals surface area contributed by atoms with Crippen molar-refractivity contribution in [2.75, 3.05) is 0 Å². The van der Waals surface area contributed by atoms with E-state index in [2.05, 4.69) is 15.1 Å². The van der Waals surface area contributed by atoms with Crippen molar-refractivity contribution in [3.05, 3.63) is 92.1 Å². The highest BCUT2D eigenvalue weighted by molar-refractivity contribution is 6.30. The van der Waals surface area contributed by atoms with Crippen LogP contribution in [-0.2, 0) is 0 Å². The maximum absolute atomic E-state index is 14.8. The average Bonchev–Trinajstić information content (AvgIpc) is 2.72. The molecule has 0 unspecified atom stereocenters. The van der Waals surface area contributed by atoms with Crippen LogP contribution in [0.15, 0.2) is 47.4 Å². The summed E-state index contributed by atoms with van der Waals surface area (Å²) in [5, 5.41) is 4.71. The Bertz CT molecular complexity index is 1410. The van der Waals surface area contributed by atoms with E-state index in [1.165, 1.54) is 35.1 Å². The van der Waals surface area contributed by atoms with Gasteiger partial charge in [-0.3, -0.25) is 4.79 Å². The summed E-state index contributed by atoms with van der Waals surface area (Å²) >= 11 is 5.90. The molecule has 0 amide bonds. The molecule has 1 aromatic carbocycles. The number of hydrogen-bond donors (Lipinski definition) is 0. The van der Waals surface area contributed by atoms with Crippen LogP contribution >= 0.6 is 11.6 Å². The fourth-order valence-corrected chi connectivity index (χ4v) is 3.38. The van der Waals surface area contributed by atoms with Gasteiger partial charge in [0.15, 0.2) is 0 Å². The molecule has 0 radical (unpaired) electrons. The third-order valence-corrected chi connectivity index (χ3v) is 5.18. The normalized spacial score (nSPS) is 11.9. The number of halogens is 3. The van der Waals surface area contributed by atoms with Crippen molar-refractivity contribution in [3.8, 4) is 5.69 Å². The molecule has 3 heterocycles. The second-order valence-electron chi connectivity index (χ2n) is 7.19. The van der Waals surface area contributed by atoms with Gasteiger partial charge in [0, 0.05) is 16.9 Å². The van der Waals surface area contributed by atoms with Crippen molar-refractivity contribution in [1.29, 1.82) is 0 Å². The van der Waals surface area contributed by atoms with Crippen LogP contribution in [0.2, 0.25) is 5.02 Å². The van der Waals surface area contributed by atoms with Crippen LogP contribution in [0, 0.1) is 25.6 Å². The first-order valence-corrected chi connectivity index (χ1v) is 9.79. The fourth-order valence-electron chi connectivity index (χ4n) is 3.22. The maximum atomic E-state index is 14.8. The Morgan fingerprint density at radius 1 is 1.13 bits per heavy atom. The summed E-state index contributed by atoms with van der Waals surface area (Å²) < 4.78 is 29.2. The molecular formula is C23H17ClF2N4O. The van der Waals surface area contributed by atoms with Crippen molar-refractivity contribution in [2.45, 2.75) is 20.8 Å². The van der Waals surface area contributed by atoms with E-state index in [0.717, 1.165) is 5.56 Å². The molecule has 0 saturated carbocycles. The highest BCUT2D eigenvalue weighted by Crippen LogP contribution is 2.24. The Hall–Kier alpha value is -3.45. The summed E-state index contributed by atoms with van der Waals surface area (Å²) in [6.45, 7) is 5.35. The van der Waals surface area contributed by atoms with Crippen molar-refractivity contribution < 1.29 is 8.78 Å². The van der Waals surface area contributed by atoms with Gasteiger partial charge >= 0.3 is 0 Å². The number of aryl methyl sites for hydroxylation is 2. The number of allylic oxidation sites excluding steroid dienone is 1. The number of pyridine rings is 2. The first-order valence-electron chi connectivity index (χ1n) is 9.41. The average molecular weight is 439 g/mol. The SMILES string of the molecule is C/C(=C\c1ccc(F)nc1)c1nn(-c2ccc(Cl)cc2F)c2cc(C)c(C)nc2c1=O. The first kappa shape index (κ1) is 20.8. The van der Waals surface area contributed by atoms with E-state index in [1.807, 2.05) is 6.92 Å². The predicted octanol–water partition coefficient (Wildman–Crippen LogP) is 5.28. The lowest BCUT2D eigenvalue weighted by atomic mass is 10.1. The number of nitrogens with zero attached hydrogens (tertiary/aromatic N) is 4. The molecule has 156 valence electrons. The molecule has 0 bridgehead atoms. The molecule has 5 nitrogen and oxygen atoms in total. The second kappa shape index (κ2) is 8.00. The Morgan fingerprint density at radius 3 is 2.58 bits per heavy atom. The van der Waals surface area contributed by atoms with E-state index in [9.17, 15) is 13.6 Å². The van der Waals surface area contributed by atoms with E-state index >= 15 is 0 Å². The van der Waals surface area contributed by atoms with Crippen LogP contribution in [0.3, 0.4) is 0 Å². The van der Waals surface area contributed by atoms with Crippen LogP contribution < -0.4 is 5.43 Å². The van der Waals surface area contributed by atoms with Gasteiger partial charge in [-0.05, 0) is 79.9 Å². The van der Waals surface area contributed by atoms with Gasteiger partial charge in [-0.2, -0.15) is 9.49 Å². The summed E-state index contributed by atoms with van der Waals surface area (Å²) in [5.74, 6) is -1.19. The van der Waals surface area contributed by atoms with Gasteiger partial charge in [0.25, 0.3) is 0 Å². The Labute approximate surface area is 181 Å². The number of hydrogen-bond acceptors (Lipinski definition) is 4. The summed E-state index contributed by atoms with van der Waals surface area (Å²) in [4.78, 5) is 21.3. The maximum Gasteiger partial charge on any atom is 0.233 e. The molecule has 3 aromatic heterocycles. The fraction of sp³-hybridized carbons (Fsp3) is 0.130. The first-order chi connectivity index (χ1) is 14.7. The Balaban J connectivity index is 2.03. The van der Waals surface area contributed by atoms with Gasteiger partial charge in [-0.15, -0.1) is 0 Å². The molecule has 4 aromatic rings. The lowest BCUT2D eigenvalue weighted by Gasteiger charge is -2.14. The summed E-state index contributed by atoms with van der Waals surface area (Å²) in [6, 6.07) is 8.75. The van der Waals surface area contributed by atoms with Gasteiger partial charge in [0.2, 0.25) is 11.4 Å². The van der Waals surface area contributed by atoms with Gasteiger partial charge in [-0.1, -0.05) is 11.6 Å². The standard InChI is InChI=1S/C23H17ClF2N4O/c1-12-9-19-22(28-14(12)3)23(31)21(13(2)8-15-4-7-20(26)27-11-15)29-30(19)18-6-5-16(24)10-17(18)25/h4-11H,1-3H3/b13-8+. The van der Waals surface area contributed by atoms with Crippen LogP contribution in [0.25, 0.3) is 28.4 Å². The van der Waals surface area contributed by atoms with Crippen molar-refractivity contribution in [2.24, 2.45) is 0 Å². The van der Waals surface area contributed by atoms with Gasteiger partial charge in [0.1, 0.15) is 22.7 Å². The van der Waals surface area contributed by atoms with Gasteiger partial charge in [-0.25, -0.2) is 19.0 Å². The van der Waals surface area contributed by atoms with Crippen molar-refractivity contribution in [3.63, 3.8) is 0 Å². The molecule has 0 atom stereocenters. The molecule has 31 heavy (non-hydrogen) atoms. The van der Waals surface area contributed by atoms with Gasteiger partial charge < -0.3 is 0 Å². The van der Waals surface area contributed by atoms with Gasteiger partial charge in [0.05, 0.1) is 5.52 Å². The molecule has 0 saturated heterocycles. The minimum atomic E-state index is -0.603. The van der Waals surface area contributed by atoms with Crippen molar-refractivity contribution >= 4 is 34.3 Å². The molecule has 0 aliphatic carbocycles. The predicted molar refractivity (Wildman–Crippen MR) is 117 cm³/mol. The van der Waals surface area contributed by atoms with Crippen molar-refractivity contribution in [1.82, 2.24) is 19.7 Å². The van der Waals surface area contributed by atoms with E-state index in [-0.39, 0.29) is 27.3 Å². The van der Waals surface area contributed by atoms with Crippen LogP contribution in [0.5, 0.6) is 0 Å². The Kier molecular flexibility index (Phi) is 5.37. The molecule has 0 spiro atoms. The number of aromatic nitrogens is 4. The molecule has 8 heteroatoms. The Morgan fingerprint density at radius 2 is 1.90 bits per heavy atom. The van der Waals surface area contributed by atoms with E-state index < -0.39 is 11.8 Å². The zero-order valence-corrected chi connectivity index (χ0v) is 17.7. The third kappa shape index (κ3) is 3.96. The molecule has 0 fully saturated rings. The quantitative estimate of drug-likeness (QED) is 0.408. The number of fused-ring (bicyclic) bond motifs is 1. The lowest BCUT2D eigenvalue weighted by molar-refractivity contribution is 0.583. The smallest absolute Gasteiger partial charge is 0.233 e. The molecule has 0 N–H and O–H groups in total. The largest absolute Gasteiger partial charge is 0.285 e. The highest BCUT2D eigenvalue weighted by atomic mass is 35.5. The molecule has 0 aliphatic rings. The monoisotopic (exact) mass is 438 g/mol. The zero-order chi connectivity index (χ0) is 22.3. The summed E-state index contributed by atoms with van der Waals surface area (Å²) in [5.41, 5.74) is 3.04. The minimum Gasteiger partial charge on any atom is -0.285 e. The van der Waals surface area contributed by atoms with E-state index in [1.54, 1.807) is 32.1 Å². The number of benzene rings is 1. The van der Waals surface area contributed by atoms with E-state index in [4.69, 9.17) is 11.6 Å². The van der Waals surface area contributed by atoms with E-state index in [0.29, 0.717) is 22.3 Å². The third-order valence-electron chi connectivity index (χ3n) is 4.95. The van der Waals surface area contributed by atoms with Crippen LogP contribution in [0.4, 0.5) is 8.78 Å². The van der Waals surface area contributed by atoms with Crippen LogP contribution in [0.1, 0.15) is 29.4 Å². The molecular weight excluding hydrogens is 422 g/mol. The molecule has 0 aliphatic heterocycles. The molecule has 4 rings (SSSR count). The van der Waals surface area contributed by atoms with Crippen LogP contribution in [-0.4, -0.2) is 19.7 Å². The number of rotatable bonds is 3. The lowest BCUT2D eigenvalue weighted by Crippen LogP contribution is -2.20. The summed E-state index contributed by atoms with van der Waals surface area (Å²) in [7, 11) is 0. The highest BCUT2D eigenvalue weighted by Gasteiger charge is 2.18. The zero-order valence-electron chi connectivity index (χ0n) is 16.9.